The number of aryl methyl sites for hydroxylation is 1. The number of halogens is 3. The summed E-state index contributed by atoms with van der Waals surface area (Å²) in [5.74, 6) is -0.242. The van der Waals surface area contributed by atoms with Gasteiger partial charge in [-0.15, -0.1) is 0 Å². The van der Waals surface area contributed by atoms with Crippen molar-refractivity contribution in [2.75, 3.05) is 11.4 Å². The zero-order valence-corrected chi connectivity index (χ0v) is 15.5. The number of nitrogens with zero attached hydrogens (tertiary/aromatic N) is 3. The highest BCUT2D eigenvalue weighted by atomic mass is 19.4. The molecule has 0 radical (unpaired) electrons. The topological polar surface area (TPSA) is 38.2 Å². The molecule has 0 bridgehead atoms. The van der Waals surface area contributed by atoms with E-state index in [1.807, 2.05) is 45.0 Å². The van der Waals surface area contributed by atoms with Crippen molar-refractivity contribution in [2.45, 2.75) is 52.8 Å². The smallest absolute Gasteiger partial charge is 0.423 e. The fourth-order valence-electron chi connectivity index (χ4n) is 2.43. The van der Waals surface area contributed by atoms with Crippen LogP contribution >= 0.6 is 0 Å². The maximum atomic E-state index is 13.3. The molecule has 0 saturated carbocycles. The maximum absolute atomic E-state index is 13.3. The molecular formula is C19H24F3N3O. The molecule has 0 aliphatic rings. The van der Waals surface area contributed by atoms with Gasteiger partial charge < -0.3 is 9.64 Å². The zero-order valence-electron chi connectivity index (χ0n) is 15.5. The van der Waals surface area contributed by atoms with E-state index in [0.29, 0.717) is 13.0 Å². The third kappa shape index (κ3) is 4.65. The summed E-state index contributed by atoms with van der Waals surface area (Å²) < 4.78 is 45.2. The van der Waals surface area contributed by atoms with Gasteiger partial charge in [0.15, 0.2) is 0 Å². The number of aromatic nitrogens is 2. The standard InChI is InChI=1S/C19H24F3N3O/c1-5-13(4)26-17-16(19(20,21)22)12-23-18(24-17)25(7-3)15-10-8-9-14(6-2)11-15/h8-13H,5-7H2,1-4H3. The Morgan fingerprint density at radius 3 is 2.50 bits per heavy atom. The molecule has 0 spiro atoms. The van der Waals surface area contributed by atoms with Crippen LogP contribution in [0, 0.1) is 0 Å². The number of rotatable bonds is 7. The monoisotopic (exact) mass is 367 g/mol. The highest BCUT2D eigenvalue weighted by Crippen LogP contribution is 2.36. The van der Waals surface area contributed by atoms with Gasteiger partial charge in [-0.1, -0.05) is 26.0 Å². The van der Waals surface area contributed by atoms with Crippen molar-refractivity contribution in [3.05, 3.63) is 41.6 Å². The van der Waals surface area contributed by atoms with Crippen LogP contribution in [0.1, 0.15) is 45.2 Å². The SMILES string of the molecule is CCc1cccc(N(CC)c2ncc(C(F)(F)F)c(OC(C)CC)n2)c1. The van der Waals surface area contributed by atoms with E-state index in [2.05, 4.69) is 9.97 Å². The molecule has 1 heterocycles. The Hall–Kier alpha value is -2.31. The van der Waals surface area contributed by atoms with Crippen LogP contribution in [-0.4, -0.2) is 22.6 Å². The molecular weight excluding hydrogens is 343 g/mol. The van der Waals surface area contributed by atoms with E-state index in [9.17, 15) is 13.2 Å². The number of ether oxygens (including phenoxy) is 1. The third-order valence-electron chi connectivity index (χ3n) is 4.12. The first kappa shape index (κ1) is 20.0. The second kappa shape index (κ2) is 8.38. The molecule has 26 heavy (non-hydrogen) atoms. The molecule has 0 N–H and O–H groups in total. The lowest BCUT2D eigenvalue weighted by atomic mass is 10.1. The van der Waals surface area contributed by atoms with Gasteiger partial charge in [-0.3, -0.25) is 0 Å². The van der Waals surface area contributed by atoms with Gasteiger partial charge in [0.05, 0.1) is 6.10 Å². The molecule has 1 atom stereocenters. The van der Waals surface area contributed by atoms with Gasteiger partial charge in [0.25, 0.3) is 0 Å². The summed E-state index contributed by atoms with van der Waals surface area (Å²) in [6.07, 6.45) is -2.71. The quantitative estimate of drug-likeness (QED) is 0.657. The Kier molecular flexibility index (Phi) is 6.45. The van der Waals surface area contributed by atoms with Crippen LogP contribution in [0.3, 0.4) is 0 Å². The minimum atomic E-state index is -4.57. The van der Waals surface area contributed by atoms with Gasteiger partial charge in [0, 0.05) is 18.4 Å². The minimum absolute atomic E-state index is 0.187. The first-order valence-corrected chi connectivity index (χ1v) is 8.77. The summed E-state index contributed by atoms with van der Waals surface area (Å²) in [5.41, 5.74) is 1.00. The van der Waals surface area contributed by atoms with Crippen LogP contribution < -0.4 is 9.64 Å². The lowest BCUT2D eigenvalue weighted by molar-refractivity contribution is -0.139. The summed E-state index contributed by atoms with van der Waals surface area (Å²) in [7, 11) is 0. The molecule has 4 nitrogen and oxygen atoms in total. The lowest BCUT2D eigenvalue weighted by Gasteiger charge is -2.23. The average Bonchev–Trinajstić information content (AvgIpc) is 2.61. The number of hydrogen-bond donors (Lipinski definition) is 0. The van der Waals surface area contributed by atoms with E-state index < -0.39 is 17.6 Å². The number of anilines is 2. The molecule has 142 valence electrons. The molecule has 0 fully saturated rings. The Labute approximate surface area is 152 Å². The van der Waals surface area contributed by atoms with E-state index in [0.717, 1.165) is 23.9 Å². The van der Waals surface area contributed by atoms with Gasteiger partial charge in [0.1, 0.15) is 5.56 Å². The van der Waals surface area contributed by atoms with E-state index in [1.54, 1.807) is 11.8 Å². The molecule has 1 unspecified atom stereocenters. The van der Waals surface area contributed by atoms with Crippen molar-refractivity contribution in [3.8, 4) is 5.88 Å². The largest absolute Gasteiger partial charge is 0.474 e. The summed E-state index contributed by atoms with van der Waals surface area (Å²) in [5, 5.41) is 0. The molecule has 0 aliphatic carbocycles. The van der Waals surface area contributed by atoms with Crippen LogP contribution in [0.4, 0.5) is 24.8 Å². The van der Waals surface area contributed by atoms with Crippen LogP contribution in [0.2, 0.25) is 0 Å². The van der Waals surface area contributed by atoms with Gasteiger partial charge in [0.2, 0.25) is 11.8 Å². The summed E-state index contributed by atoms with van der Waals surface area (Å²) in [6, 6.07) is 7.79. The van der Waals surface area contributed by atoms with Gasteiger partial charge in [-0.2, -0.15) is 18.2 Å². The van der Waals surface area contributed by atoms with Gasteiger partial charge in [-0.05, 0) is 44.4 Å². The zero-order chi connectivity index (χ0) is 19.3. The molecule has 1 aromatic carbocycles. The fourth-order valence-corrected chi connectivity index (χ4v) is 2.43. The number of alkyl halides is 3. The summed E-state index contributed by atoms with van der Waals surface area (Å²) in [4.78, 5) is 9.83. The highest BCUT2D eigenvalue weighted by molar-refractivity contribution is 5.58. The third-order valence-corrected chi connectivity index (χ3v) is 4.12. The minimum Gasteiger partial charge on any atom is -0.474 e. The first-order chi connectivity index (χ1) is 12.3. The fraction of sp³-hybridized carbons (Fsp3) is 0.474. The van der Waals surface area contributed by atoms with Gasteiger partial charge in [-0.25, -0.2) is 4.98 Å². The van der Waals surface area contributed by atoms with Crippen molar-refractivity contribution in [3.63, 3.8) is 0 Å². The highest BCUT2D eigenvalue weighted by Gasteiger charge is 2.37. The van der Waals surface area contributed by atoms with Crippen LogP contribution in [0.15, 0.2) is 30.5 Å². The Balaban J connectivity index is 2.48. The van der Waals surface area contributed by atoms with Crippen LogP contribution in [0.25, 0.3) is 0 Å². The molecule has 0 saturated heterocycles. The summed E-state index contributed by atoms with van der Waals surface area (Å²) >= 11 is 0. The van der Waals surface area contributed by atoms with Crippen LogP contribution in [-0.2, 0) is 12.6 Å². The van der Waals surface area contributed by atoms with Crippen molar-refractivity contribution in [1.29, 1.82) is 0 Å². The molecule has 0 aliphatic heterocycles. The van der Waals surface area contributed by atoms with E-state index in [4.69, 9.17) is 4.74 Å². The second-order valence-corrected chi connectivity index (χ2v) is 5.99. The molecule has 2 rings (SSSR count). The predicted octanol–water partition coefficient (Wildman–Crippen LogP) is 5.39. The van der Waals surface area contributed by atoms with Crippen molar-refractivity contribution < 1.29 is 17.9 Å². The number of benzene rings is 1. The van der Waals surface area contributed by atoms with E-state index in [-0.39, 0.29) is 12.1 Å². The molecule has 1 aromatic heterocycles. The Morgan fingerprint density at radius 1 is 1.19 bits per heavy atom. The predicted molar refractivity (Wildman–Crippen MR) is 95.9 cm³/mol. The Bertz CT molecular complexity index is 734. The van der Waals surface area contributed by atoms with E-state index in [1.165, 1.54) is 0 Å². The van der Waals surface area contributed by atoms with E-state index >= 15 is 0 Å². The first-order valence-electron chi connectivity index (χ1n) is 8.77. The van der Waals surface area contributed by atoms with Crippen molar-refractivity contribution in [2.24, 2.45) is 0 Å². The lowest BCUT2D eigenvalue weighted by Crippen LogP contribution is -2.22. The molecule has 2 aromatic rings. The summed E-state index contributed by atoms with van der Waals surface area (Å²) in [6.45, 7) is 8.01. The molecule has 7 heteroatoms. The van der Waals surface area contributed by atoms with Gasteiger partial charge >= 0.3 is 6.18 Å². The van der Waals surface area contributed by atoms with Crippen LogP contribution in [0.5, 0.6) is 5.88 Å². The van der Waals surface area contributed by atoms with Crippen molar-refractivity contribution in [1.82, 2.24) is 9.97 Å². The Morgan fingerprint density at radius 2 is 1.92 bits per heavy atom. The second-order valence-electron chi connectivity index (χ2n) is 5.99. The average molecular weight is 367 g/mol. The molecule has 0 amide bonds. The van der Waals surface area contributed by atoms with Crippen molar-refractivity contribution >= 4 is 11.6 Å². The normalized spacial score (nSPS) is 12.7. The maximum Gasteiger partial charge on any atom is 0.423 e. The number of hydrogen-bond acceptors (Lipinski definition) is 4.